The van der Waals surface area contributed by atoms with Crippen molar-refractivity contribution >= 4 is 0 Å². The van der Waals surface area contributed by atoms with E-state index in [1.807, 2.05) is 19.9 Å². The van der Waals surface area contributed by atoms with E-state index in [1.54, 1.807) is 0 Å². The van der Waals surface area contributed by atoms with E-state index in [2.05, 4.69) is 5.32 Å². The van der Waals surface area contributed by atoms with Crippen molar-refractivity contribution in [2.24, 2.45) is 0 Å². The second-order valence-corrected chi connectivity index (χ2v) is 6.96. The Labute approximate surface area is 148 Å². The van der Waals surface area contributed by atoms with E-state index in [-0.39, 0.29) is 18.2 Å². The molecule has 2 rings (SSSR count). The lowest BCUT2D eigenvalue weighted by atomic mass is 9.93. The maximum atomic E-state index is 12.9. The topological polar surface area (TPSA) is 21.3 Å². The molecule has 1 aliphatic heterocycles. The highest BCUT2D eigenvalue weighted by molar-refractivity contribution is 5.34. The van der Waals surface area contributed by atoms with Crippen LogP contribution in [0.2, 0.25) is 0 Å². The maximum Gasteiger partial charge on any atom is 0.416 e. The molecule has 8 heteroatoms. The summed E-state index contributed by atoms with van der Waals surface area (Å²) in [7, 11) is 0. The van der Waals surface area contributed by atoms with Crippen LogP contribution in [0.4, 0.5) is 26.3 Å². The van der Waals surface area contributed by atoms with Gasteiger partial charge in [-0.15, -0.1) is 0 Å². The van der Waals surface area contributed by atoms with Crippen molar-refractivity contribution in [3.63, 3.8) is 0 Å². The van der Waals surface area contributed by atoms with Gasteiger partial charge in [-0.2, -0.15) is 26.3 Å². The van der Waals surface area contributed by atoms with Crippen LogP contribution < -0.4 is 5.32 Å². The zero-order valence-corrected chi connectivity index (χ0v) is 14.7. The van der Waals surface area contributed by atoms with E-state index in [0.29, 0.717) is 25.1 Å². The normalized spacial score (nSPS) is 22.9. The standard InChI is InChI=1S/C18H21F6NO/c1-11-4-5-16(3,25-9-11)10-26-12(2)13-6-14(17(19,20)21)8-15(7-13)18(22,23)24/h4,6-8,12,25H,5,9-10H2,1-3H3. The molecule has 1 N–H and O–H groups in total. The molecule has 0 radical (unpaired) electrons. The fourth-order valence-corrected chi connectivity index (χ4v) is 2.63. The fraction of sp³-hybridized carbons (Fsp3) is 0.556. The van der Waals surface area contributed by atoms with Crippen LogP contribution in [0.25, 0.3) is 0 Å². The van der Waals surface area contributed by atoms with E-state index in [0.717, 1.165) is 0 Å². The van der Waals surface area contributed by atoms with Gasteiger partial charge in [0.1, 0.15) is 0 Å². The molecule has 0 saturated heterocycles. The summed E-state index contributed by atoms with van der Waals surface area (Å²) in [6, 6.07) is 1.54. The molecule has 0 aromatic heterocycles. The first-order valence-corrected chi connectivity index (χ1v) is 8.12. The number of hydrogen-bond acceptors (Lipinski definition) is 2. The molecule has 0 fully saturated rings. The van der Waals surface area contributed by atoms with Crippen molar-refractivity contribution < 1.29 is 31.1 Å². The van der Waals surface area contributed by atoms with Crippen molar-refractivity contribution in [2.45, 2.75) is 51.2 Å². The molecular weight excluding hydrogens is 360 g/mol. The number of hydrogen-bond donors (Lipinski definition) is 1. The molecular formula is C18H21F6NO. The summed E-state index contributed by atoms with van der Waals surface area (Å²) in [5.74, 6) is 0. The van der Waals surface area contributed by atoms with Crippen molar-refractivity contribution in [3.05, 3.63) is 46.5 Å². The highest BCUT2D eigenvalue weighted by atomic mass is 19.4. The lowest BCUT2D eigenvalue weighted by Gasteiger charge is -2.34. The number of rotatable bonds is 4. The molecule has 0 spiro atoms. The molecule has 0 saturated carbocycles. The lowest BCUT2D eigenvalue weighted by molar-refractivity contribution is -0.143. The largest absolute Gasteiger partial charge is 0.416 e. The fourth-order valence-electron chi connectivity index (χ4n) is 2.63. The van der Waals surface area contributed by atoms with E-state index in [4.69, 9.17) is 4.74 Å². The summed E-state index contributed by atoms with van der Waals surface area (Å²) < 4.78 is 83.3. The molecule has 0 amide bonds. The van der Waals surface area contributed by atoms with Crippen LogP contribution in [0.5, 0.6) is 0 Å². The Kier molecular flexibility index (Phi) is 5.77. The van der Waals surface area contributed by atoms with Crippen LogP contribution in [0.1, 0.15) is 50.0 Å². The van der Waals surface area contributed by atoms with E-state index in [1.165, 1.54) is 12.5 Å². The first-order valence-electron chi connectivity index (χ1n) is 8.12. The molecule has 26 heavy (non-hydrogen) atoms. The summed E-state index contributed by atoms with van der Waals surface area (Å²) in [5, 5.41) is 3.27. The van der Waals surface area contributed by atoms with E-state index >= 15 is 0 Å². The molecule has 1 aliphatic rings. The Morgan fingerprint density at radius 1 is 1.08 bits per heavy atom. The smallest absolute Gasteiger partial charge is 0.372 e. The van der Waals surface area contributed by atoms with Crippen molar-refractivity contribution in [1.82, 2.24) is 5.32 Å². The summed E-state index contributed by atoms with van der Waals surface area (Å²) in [6.45, 7) is 6.14. The maximum absolute atomic E-state index is 12.9. The van der Waals surface area contributed by atoms with Gasteiger partial charge in [-0.3, -0.25) is 0 Å². The zero-order chi connectivity index (χ0) is 19.8. The van der Waals surface area contributed by atoms with Crippen LogP contribution >= 0.6 is 0 Å². The van der Waals surface area contributed by atoms with Gasteiger partial charge < -0.3 is 10.1 Å². The van der Waals surface area contributed by atoms with Crippen molar-refractivity contribution in [3.8, 4) is 0 Å². The van der Waals surface area contributed by atoms with Gasteiger partial charge in [-0.1, -0.05) is 11.6 Å². The monoisotopic (exact) mass is 381 g/mol. The molecule has 0 bridgehead atoms. The van der Waals surface area contributed by atoms with E-state index in [9.17, 15) is 26.3 Å². The molecule has 1 aromatic rings. The first kappa shape index (κ1) is 20.8. The Morgan fingerprint density at radius 2 is 1.62 bits per heavy atom. The van der Waals surface area contributed by atoms with Gasteiger partial charge in [0, 0.05) is 12.1 Å². The van der Waals surface area contributed by atoms with E-state index < -0.39 is 35.1 Å². The van der Waals surface area contributed by atoms with Crippen LogP contribution in [0.15, 0.2) is 29.8 Å². The van der Waals surface area contributed by atoms with Gasteiger partial charge in [-0.25, -0.2) is 0 Å². The number of ether oxygens (including phenoxy) is 1. The number of halogens is 6. The van der Waals surface area contributed by atoms with Gasteiger partial charge >= 0.3 is 12.4 Å². The third-order valence-corrected chi connectivity index (χ3v) is 4.43. The molecule has 1 aromatic carbocycles. The first-order chi connectivity index (χ1) is 11.8. The highest BCUT2D eigenvalue weighted by Crippen LogP contribution is 2.38. The van der Waals surface area contributed by atoms with Gasteiger partial charge in [0.05, 0.1) is 23.8 Å². The lowest BCUT2D eigenvalue weighted by Crippen LogP contribution is -2.49. The second-order valence-electron chi connectivity index (χ2n) is 6.96. The van der Waals surface area contributed by atoms with Crippen LogP contribution in [0.3, 0.4) is 0 Å². The molecule has 1 heterocycles. The Balaban J connectivity index is 2.21. The molecule has 2 atom stereocenters. The minimum absolute atomic E-state index is 0.119. The Bertz CT molecular complexity index is 647. The summed E-state index contributed by atoms with van der Waals surface area (Å²) >= 11 is 0. The van der Waals surface area contributed by atoms with Crippen LogP contribution in [0, 0.1) is 0 Å². The average molecular weight is 381 g/mol. The molecule has 2 nitrogen and oxygen atoms in total. The third kappa shape index (κ3) is 5.23. The summed E-state index contributed by atoms with van der Waals surface area (Å²) in [6.07, 6.45) is -7.94. The van der Waals surface area contributed by atoms with Gasteiger partial charge in [-0.05, 0) is 51.0 Å². The van der Waals surface area contributed by atoms with Gasteiger partial charge in [0.25, 0.3) is 0 Å². The SMILES string of the molecule is CC1=CCC(C)(COC(C)c2cc(C(F)(F)F)cc(C(F)(F)F)c2)NC1. The Hall–Kier alpha value is -1.54. The predicted molar refractivity (Wildman–Crippen MR) is 85.6 cm³/mol. The number of nitrogens with one attached hydrogen (secondary N) is 1. The number of alkyl halides is 6. The predicted octanol–water partition coefficient (Wildman–Crippen LogP) is 5.50. The van der Waals surface area contributed by atoms with Gasteiger partial charge in [0.2, 0.25) is 0 Å². The number of benzene rings is 1. The molecule has 2 unspecified atom stereocenters. The average Bonchev–Trinajstić information content (AvgIpc) is 2.54. The van der Waals surface area contributed by atoms with Crippen molar-refractivity contribution in [1.29, 1.82) is 0 Å². The minimum atomic E-state index is -4.87. The minimum Gasteiger partial charge on any atom is -0.372 e. The zero-order valence-electron chi connectivity index (χ0n) is 14.7. The summed E-state index contributed by atoms with van der Waals surface area (Å²) in [4.78, 5) is 0. The third-order valence-electron chi connectivity index (χ3n) is 4.43. The van der Waals surface area contributed by atoms with Gasteiger partial charge in [0.15, 0.2) is 0 Å². The Morgan fingerprint density at radius 3 is 2.04 bits per heavy atom. The molecule has 0 aliphatic carbocycles. The molecule has 146 valence electrons. The quantitative estimate of drug-likeness (QED) is 0.549. The summed E-state index contributed by atoms with van der Waals surface area (Å²) in [5.41, 5.74) is -2.07. The van der Waals surface area contributed by atoms with Crippen LogP contribution in [-0.4, -0.2) is 18.7 Å². The van der Waals surface area contributed by atoms with Crippen LogP contribution in [-0.2, 0) is 17.1 Å². The second kappa shape index (κ2) is 7.23. The van der Waals surface area contributed by atoms with Crippen molar-refractivity contribution in [2.75, 3.05) is 13.2 Å². The highest BCUT2D eigenvalue weighted by Gasteiger charge is 2.37.